The van der Waals surface area contributed by atoms with Crippen LogP contribution in [0.2, 0.25) is 0 Å². The maximum atomic E-state index is 12.1. The van der Waals surface area contributed by atoms with E-state index in [0.717, 1.165) is 25.7 Å². The van der Waals surface area contributed by atoms with Crippen LogP contribution in [0.4, 0.5) is 0 Å². The van der Waals surface area contributed by atoms with Gasteiger partial charge in [-0.05, 0) is 12.8 Å². The molecule has 17 unspecified atom stereocenters. The maximum Gasteiger partial charge on any atom is 0.220 e. The molecule has 0 radical (unpaired) electrons. The number of unbranched alkanes of at least 4 members (excludes halogenated alkanes) is 3. The summed E-state index contributed by atoms with van der Waals surface area (Å²) in [6, 6.07) is -0.958. The van der Waals surface area contributed by atoms with Crippen LogP contribution in [0, 0.1) is 0 Å². The standard InChI is InChI=1S/C31H55NO18/c1-3-5-6-7-8-9-15(36)14(32-19(37)4-2)13-45-29-25(43)22(40)27(17(11-34)47-29)50-31-26(44)23(41)28(18(12-35)48-31)49-30-24(42)21(39)20(38)16(10-33)46-30/h8-9,14-18,20-31,33-36,38-44H,3-7,10-13H2,1-2H3,(H,32,37)/b9-8+. The van der Waals surface area contributed by atoms with Crippen molar-refractivity contribution in [1.29, 1.82) is 0 Å². The van der Waals surface area contributed by atoms with E-state index >= 15 is 0 Å². The third-order valence-electron chi connectivity index (χ3n) is 8.90. The van der Waals surface area contributed by atoms with Crippen molar-refractivity contribution in [2.24, 2.45) is 0 Å². The van der Waals surface area contributed by atoms with Crippen LogP contribution in [0.5, 0.6) is 0 Å². The van der Waals surface area contributed by atoms with Gasteiger partial charge in [-0.1, -0.05) is 38.8 Å². The Bertz CT molecular complexity index is 1020. The summed E-state index contributed by atoms with van der Waals surface area (Å²) in [6.07, 6.45) is -19.6. The van der Waals surface area contributed by atoms with E-state index in [1.54, 1.807) is 13.0 Å². The lowest BCUT2D eigenvalue weighted by Crippen LogP contribution is -2.66. The summed E-state index contributed by atoms with van der Waals surface area (Å²) in [6.45, 7) is 0.903. The number of hydrogen-bond acceptors (Lipinski definition) is 18. The molecule has 0 aliphatic carbocycles. The van der Waals surface area contributed by atoms with E-state index in [9.17, 15) is 61.0 Å². The molecule has 0 spiro atoms. The molecule has 0 aromatic rings. The van der Waals surface area contributed by atoms with E-state index in [2.05, 4.69) is 12.2 Å². The van der Waals surface area contributed by atoms with E-state index in [1.165, 1.54) is 6.08 Å². The van der Waals surface area contributed by atoms with Gasteiger partial charge in [0.25, 0.3) is 0 Å². The van der Waals surface area contributed by atoms with Gasteiger partial charge in [0.15, 0.2) is 18.9 Å². The monoisotopic (exact) mass is 729 g/mol. The summed E-state index contributed by atoms with van der Waals surface area (Å²) in [5, 5.41) is 117. The largest absolute Gasteiger partial charge is 0.394 e. The molecule has 0 aromatic heterocycles. The summed E-state index contributed by atoms with van der Waals surface area (Å²) in [4.78, 5) is 12.1. The Balaban J connectivity index is 1.65. The second-order valence-electron chi connectivity index (χ2n) is 12.6. The average Bonchev–Trinajstić information content (AvgIpc) is 3.11. The lowest BCUT2D eigenvalue weighted by molar-refractivity contribution is -0.379. The number of hydrogen-bond donors (Lipinski definition) is 12. The van der Waals surface area contributed by atoms with Crippen molar-refractivity contribution in [2.75, 3.05) is 26.4 Å². The Morgan fingerprint density at radius 3 is 1.72 bits per heavy atom. The SMILES string of the molecule is CCCCC/C=C/C(O)C(COC1OC(CO)C(OC2OC(CO)C(OC3OC(CO)C(O)C(O)C3O)C(O)C2O)C(O)C1O)NC(=O)CC. The van der Waals surface area contributed by atoms with Crippen molar-refractivity contribution >= 4 is 5.91 Å². The predicted molar refractivity (Wildman–Crippen MR) is 166 cm³/mol. The molecule has 0 saturated carbocycles. The summed E-state index contributed by atoms with van der Waals surface area (Å²) in [5.74, 6) is -0.376. The molecule has 3 heterocycles. The van der Waals surface area contributed by atoms with E-state index in [0.29, 0.717) is 0 Å². The quantitative estimate of drug-likeness (QED) is 0.0464. The van der Waals surface area contributed by atoms with Crippen molar-refractivity contribution in [3.05, 3.63) is 12.2 Å². The maximum absolute atomic E-state index is 12.1. The highest BCUT2D eigenvalue weighted by atomic mass is 16.8. The highest BCUT2D eigenvalue weighted by Gasteiger charge is 2.53. The number of aliphatic hydroxyl groups is 11. The predicted octanol–water partition coefficient (Wildman–Crippen LogP) is -5.16. The molecular formula is C31H55NO18. The number of ether oxygens (including phenoxy) is 6. The van der Waals surface area contributed by atoms with Crippen LogP contribution in [0.15, 0.2) is 12.2 Å². The van der Waals surface area contributed by atoms with Gasteiger partial charge in [0.05, 0.1) is 38.6 Å². The average molecular weight is 730 g/mol. The minimum absolute atomic E-state index is 0.123. The third kappa shape index (κ3) is 10.8. The molecular weight excluding hydrogens is 674 g/mol. The Morgan fingerprint density at radius 2 is 1.20 bits per heavy atom. The van der Waals surface area contributed by atoms with Crippen LogP contribution in [-0.2, 0) is 33.2 Å². The molecule has 3 rings (SSSR count). The Labute approximate surface area is 289 Å². The first kappa shape index (κ1) is 42.9. The van der Waals surface area contributed by atoms with Crippen molar-refractivity contribution in [3.63, 3.8) is 0 Å². The summed E-state index contributed by atoms with van der Waals surface area (Å²) < 4.78 is 33.3. The zero-order valence-electron chi connectivity index (χ0n) is 28.1. The fraction of sp³-hybridized carbons (Fsp3) is 0.903. The van der Waals surface area contributed by atoms with Gasteiger partial charge in [-0.15, -0.1) is 0 Å². The Hall–Kier alpha value is -1.47. The molecule has 12 N–H and O–H groups in total. The molecule has 3 saturated heterocycles. The lowest BCUT2D eigenvalue weighted by atomic mass is 9.96. The molecule has 19 nitrogen and oxygen atoms in total. The number of rotatable bonds is 18. The molecule has 0 aromatic carbocycles. The molecule has 50 heavy (non-hydrogen) atoms. The number of nitrogens with one attached hydrogen (secondary N) is 1. The molecule has 1 amide bonds. The first-order chi connectivity index (χ1) is 23.8. The number of carbonyl (C=O) groups is 1. The zero-order valence-corrected chi connectivity index (χ0v) is 28.1. The summed E-state index contributed by atoms with van der Waals surface area (Å²) >= 11 is 0. The summed E-state index contributed by atoms with van der Waals surface area (Å²) in [5.41, 5.74) is 0. The van der Waals surface area contributed by atoms with E-state index in [1.807, 2.05) is 0 Å². The van der Waals surface area contributed by atoms with E-state index < -0.39 is 124 Å². The van der Waals surface area contributed by atoms with Gasteiger partial charge in [-0.3, -0.25) is 4.79 Å². The minimum atomic E-state index is -1.97. The number of allylic oxidation sites excluding steroid dienone is 1. The second kappa shape index (κ2) is 20.7. The van der Waals surface area contributed by atoms with Gasteiger partial charge in [-0.25, -0.2) is 0 Å². The van der Waals surface area contributed by atoms with Gasteiger partial charge < -0.3 is 89.9 Å². The van der Waals surface area contributed by atoms with Crippen molar-refractivity contribution in [2.45, 2.75) is 150 Å². The van der Waals surface area contributed by atoms with Gasteiger partial charge >= 0.3 is 0 Å². The van der Waals surface area contributed by atoms with Gasteiger partial charge in [0.1, 0.15) is 73.2 Å². The van der Waals surface area contributed by atoms with Crippen LogP contribution in [0.1, 0.15) is 46.0 Å². The normalized spacial score (nSPS) is 40.9. The first-order valence-corrected chi connectivity index (χ1v) is 16.9. The van der Waals surface area contributed by atoms with E-state index in [4.69, 9.17) is 28.4 Å². The third-order valence-corrected chi connectivity index (χ3v) is 8.90. The lowest BCUT2D eigenvalue weighted by Gasteiger charge is -2.48. The Kier molecular flexibility index (Phi) is 17.8. The highest BCUT2D eigenvalue weighted by molar-refractivity contribution is 5.75. The van der Waals surface area contributed by atoms with Crippen LogP contribution < -0.4 is 5.32 Å². The van der Waals surface area contributed by atoms with Crippen LogP contribution in [0.25, 0.3) is 0 Å². The molecule has 292 valence electrons. The topological polar surface area (TPSA) is 307 Å². The molecule has 0 bridgehead atoms. The van der Waals surface area contributed by atoms with E-state index in [-0.39, 0.29) is 18.9 Å². The Morgan fingerprint density at radius 1 is 0.700 bits per heavy atom. The van der Waals surface area contributed by atoms with Crippen molar-refractivity contribution in [3.8, 4) is 0 Å². The smallest absolute Gasteiger partial charge is 0.220 e. The number of amides is 1. The van der Waals surface area contributed by atoms with Gasteiger partial charge in [-0.2, -0.15) is 0 Å². The molecule has 19 heteroatoms. The van der Waals surface area contributed by atoms with Crippen LogP contribution in [0.3, 0.4) is 0 Å². The molecule has 3 aliphatic rings. The van der Waals surface area contributed by atoms with Crippen LogP contribution in [-0.4, -0.2) is 193 Å². The molecule has 3 fully saturated rings. The zero-order chi connectivity index (χ0) is 37.1. The first-order valence-electron chi connectivity index (χ1n) is 16.9. The molecule has 3 aliphatic heterocycles. The van der Waals surface area contributed by atoms with Crippen molar-refractivity contribution < 1.29 is 89.4 Å². The fourth-order valence-corrected chi connectivity index (χ4v) is 5.80. The van der Waals surface area contributed by atoms with Crippen molar-refractivity contribution in [1.82, 2.24) is 5.32 Å². The highest BCUT2D eigenvalue weighted by Crippen LogP contribution is 2.32. The number of aliphatic hydroxyl groups excluding tert-OH is 11. The fourth-order valence-electron chi connectivity index (χ4n) is 5.80. The number of carbonyl (C=O) groups excluding carboxylic acids is 1. The second-order valence-corrected chi connectivity index (χ2v) is 12.6. The van der Waals surface area contributed by atoms with Gasteiger partial charge in [0, 0.05) is 6.42 Å². The van der Waals surface area contributed by atoms with Crippen LogP contribution >= 0.6 is 0 Å². The summed E-state index contributed by atoms with van der Waals surface area (Å²) in [7, 11) is 0. The minimum Gasteiger partial charge on any atom is -0.394 e. The van der Waals surface area contributed by atoms with Gasteiger partial charge in [0.2, 0.25) is 5.91 Å². The molecule has 17 atom stereocenters.